The molecule has 3 aromatic rings. The number of H-pyrrole nitrogens is 1. The molecule has 0 bridgehead atoms. The lowest BCUT2D eigenvalue weighted by atomic mass is 10.2. The zero-order valence-corrected chi connectivity index (χ0v) is 15.3. The minimum Gasteiger partial charge on any atom is -0.394 e. The first-order valence-corrected chi connectivity index (χ1v) is 9.25. The summed E-state index contributed by atoms with van der Waals surface area (Å²) in [5, 5.41) is 21.8. The highest BCUT2D eigenvalue weighted by Gasteiger charge is 2.34. The highest BCUT2D eigenvalue weighted by atomic mass is 32.1. The smallest absolute Gasteiger partial charge is 0.330 e. The third-order valence-corrected chi connectivity index (χ3v) is 5.16. The van der Waals surface area contributed by atoms with Gasteiger partial charge in [-0.25, -0.2) is 4.79 Å². The first kappa shape index (κ1) is 19.2. The molecule has 0 unspecified atom stereocenters. The van der Waals surface area contributed by atoms with E-state index in [9.17, 15) is 14.7 Å². The second-order valence-electron chi connectivity index (χ2n) is 6.05. The Hall–Kier alpha value is -2.52. The lowest BCUT2D eigenvalue weighted by molar-refractivity contribution is -0.0459. The van der Waals surface area contributed by atoms with Crippen LogP contribution in [-0.4, -0.2) is 38.6 Å². The lowest BCUT2D eigenvalue weighted by Crippen LogP contribution is -2.31. The van der Waals surface area contributed by atoms with Gasteiger partial charge in [-0.3, -0.25) is 14.3 Å². The number of nitrogens with zero attached hydrogens (tertiary/aromatic N) is 1. The number of aliphatic hydroxyl groups is 2. The summed E-state index contributed by atoms with van der Waals surface area (Å²) in [6, 6.07) is 9.71. The highest BCUT2D eigenvalue weighted by Crippen LogP contribution is 2.26. The molecule has 4 rings (SSSR count). The fourth-order valence-corrected chi connectivity index (χ4v) is 3.59. The van der Waals surface area contributed by atoms with Gasteiger partial charge in [0.15, 0.2) is 0 Å². The fraction of sp³-hybridized carbons (Fsp3) is 0.263. The van der Waals surface area contributed by atoms with E-state index in [1.54, 1.807) is 11.3 Å². The molecule has 1 aliphatic rings. The Morgan fingerprint density at radius 3 is 2.81 bits per heavy atom. The number of aromatic nitrogens is 2. The predicted molar refractivity (Wildman–Crippen MR) is 105 cm³/mol. The quantitative estimate of drug-likeness (QED) is 0.634. The zero-order chi connectivity index (χ0) is 19.4. The van der Waals surface area contributed by atoms with E-state index in [1.807, 2.05) is 6.08 Å². The van der Waals surface area contributed by atoms with Crippen LogP contribution < -0.4 is 11.2 Å². The van der Waals surface area contributed by atoms with E-state index in [0.29, 0.717) is 0 Å². The summed E-state index contributed by atoms with van der Waals surface area (Å²) in [7, 11) is 0. The molecule has 3 atom stereocenters. The third kappa shape index (κ3) is 4.42. The molecule has 3 N–H and O–H groups in total. The highest BCUT2D eigenvalue weighted by molar-refractivity contribution is 7.17. The van der Waals surface area contributed by atoms with Crippen LogP contribution in [0.4, 0.5) is 0 Å². The number of ether oxygens (including phenoxy) is 1. The molecule has 1 fully saturated rings. The van der Waals surface area contributed by atoms with Crippen LogP contribution in [0.2, 0.25) is 0 Å². The van der Waals surface area contributed by atoms with E-state index in [-0.39, 0.29) is 13.0 Å². The van der Waals surface area contributed by atoms with Crippen molar-refractivity contribution in [2.75, 3.05) is 6.61 Å². The average molecular weight is 388 g/mol. The molecule has 0 aliphatic carbocycles. The molecular weight excluding hydrogens is 368 g/mol. The minimum absolute atomic E-state index is 0.206. The Morgan fingerprint density at radius 2 is 2.15 bits per heavy atom. The molecule has 2 aromatic heterocycles. The van der Waals surface area contributed by atoms with E-state index in [4.69, 9.17) is 9.84 Å². The summed E-state index contributed by atoms with van der Waals surface area (Å²) in [6.45, 7) is 3.42. The number of aromatic amines is 1. The van der Waals surface area contributed by atoms with Gasteiger partial charge >= 0.3 is 5.69 Å². The van der Waals surface area contributed by atoms with Crippen molar-refractivity contribution in [3.05, 3.63) is 74.9 Å². The molecule has 7 nitrogen and oxygen atoms in total. The average Bonchev–Trinajstić information content (AvgIpc) is 3.27. The number of thiophene rings is 1. The molecular formula is C19H20N2O5S. The first-order valence-electron chi connectivity index (χ1n) is 8.37. The number of benzene rings is 1. The molecule has 1 saturated heterocycles. The van der Waals surface area contributed by atoms with Crippen LogP contribution in [0, 0.1) is 0 Å². The zero-order valence-electron chi connectivity index (χ0n) is 14.4. The van der Waals surface area contributed by atoms with Gasteiger partial charge in [-0.05, 0) is 34.5 Å². The SMILES string of the molecule is C=Cc1ccc2sccc2c1.O=c1ccn([C@H]2C[C@H](O)[C@@H](CO)O2)c(=O)[nH]1. The monoisotopic (exact) mass is 388 g/mol. The van der Waals surface area contributed by atoms with E-state index >= 15 is 0 Å². The number of hydrogen-bond donors (Lipinski definition) is 3. The maximum absolute atomic E-state index is 11.4. The van der Waals surface area contributed by atoms with Crippen LogP contribution in [0.3, 0.4) is 0 Å². The first-order chi connectivity index (χ1) is 13.0. The van der Waals surface area contributed by atoms with Gasteiger partial charge in [0, 0.05) is 23.4 Å². The van der Waals surface area contributed by atoms with Crippen molar-refractivity contribution in [3.8, 4) is 0 Å². The summed E-state index contributed by atoms with van der Waals surface area (Å²) in [5.74, 6) is 0. The van der Waals surface area contributed by atoms with Crippen molar-refractivity contribution in [1.29, 1.82) is 0 Å². The van der Waals surface area contributed by atoms with Gasteiger partial charge in [0.2, 0.25) is 0 Å². The number of nitrogens with one attached hydrogen (secondary N) is 1. The maximum atomic E-state index is 11.4. The van der Waals surface area contributed by atoms with Gasteiger partial charge in [-0.2, -0.15) is 0 Å². The van der Waals surface area contributed by atoms with Gasteiger partial charge in [-0.1, -0.05) is 18.7 Å². The summed E-state index contributed by atoms with van der Waals surface area (Å²) >= 11 is 1.77. The van der Waals surface area contributed by atoms with E-state index in [2.05, 4.69) is 41.2 Å². The maximum Gasteiger partial charge on any atom is 0.330 e. The number of rotatable bonds is 3. The second kappa shape index (κ2) is 8.45. The van der Waals surface area contributed by atoms with Crippen molar-refractivity contribution in [2.45, 2.75) is 24.9 Å². The van der Waals surface area contributed by atoms with Gasteiger partial charge in [0.05, 0.1) is 12.7 Å². The number of hydrogen-bond acceptors (Lipinski definition) is 6. The molecule has 0 amide bonds. The molecule has 1 aliphatic heterocycles. The normalized spacial score (nSPS) is 21.6. The molecule has 0 saturated carbocycles. The van der Waals surface area contributed by atoms with Crippen LogP contribution in [-0.2, 0) is 4.74 Å². The van der Waals surface area contributed by atoms with E-state index in [0.717, 1.165) is 0 Å². The molecule has 8 heteroatoms. The lowest BCUT2D eigenvalue weighted by Gasteiger charge is -2.13. The van der Waals surface area contributed by atoms with Crippen LogP contribution in [0.5, 0.6) is 0 Å². The molecule has 0 spiro atoms. The van der Waals surface area contributed by atoms with Crippen molar-refractivity contribution < 1.29 is 14.9 Å². The Bertz CT molecular complexity index is 1040. The summed E-state index contributed by atoms with van der Waals surface area (Å²) in [6.07, 6.45) is 1.22. The summed E-state index contributed by atoms with van der Waals surface area (Å²) in [5.41, 5.74) is 0.109. The number of aliphatic hydroxyl groups excluding tert-OH is 2. The summed E-state index contributed by atoms with van der Waals surface area (Å²) < 4.78 is 7.79. The molecule has 0 radical (unpaired) electrons. The fourth-order valence-electron chi connectivity index (χ4n) is 2.82. The van der Waals surface area contributed by atoms with E-state index < -0.39 is 29.7 Å². The van der Waals surface area contributed by atoms with Crippen LogP contribution in [0.1, 0.15) is 18.2 Å². The van der Waals surface area contributed by atoms with Crippen molar-refractivity contribution in [3.63, 3.8) is 0 Å². The topological polar surface area (TPSA) is 105 Å². The van der Waals surface area contributed by atoms with Crippen molar-refractivity contribution in [1.82, 2.24) is 9.55 Å². The van der Waals surface area contributed by atoms with E-state index in [1.165, 1.54) is 32.5 Å². The molecule has 27 heavy (non-hydrogen) atoms. The van der Waals surface area contributed by atoms with Crippen LogP contribution >= 0.6 is 11.3 Å². The van der Waals surface area contributed by atoms with Crippen LogP contribution in [0.15, 0.2) is 58.1 Å². The Morgan fingerprint density at radius 1 is 1.33 bits per heavy atom. The molecule has 3 heterocycles. The Labute approximate surface area is 158 Å². The Balaban J connectivity index is 0.000000166. The van der Waals surface area contributed by atoms with Crippen molar-refractivity contribution in [2.24, 2.45) is 0 Å². The second-order valence-corrected chi connectivity index (χ2v) is 7.00. The largest absolute Gasteiger partial charge is 0.394 e. The van der Waals surface area contributed by atoms with Crippen molar-refractivity contribution >= 4 is 27.5 Å². The van der Waals surface area contributed by atoms with Gasteiger partial charge in [-0.15, -0.1) is 11.3 Å². The van der Waals surface area contributed by atoms with Gasteiger partial charge < -0.3 is 14.9 Å². The number of fused-ring (bicyclic) bond motifs is 1. The third-order valence-electron chi connectivity index (χ3n) is 4.26. The molecule has 142 valence electrons. The Kier molecular flexibility index (Phi) is 6.02. The van der Waals surface area contributed by atoms with Gasteiger partial charge in [0.1, 0.15) is 12.3 Å². The van der Waals surface area contributed by atoms with Crippen LogP contribution in [0.25, 0.3) is 16.2 Å². The minimum atomic E-state index is -0.811. The molecule has 1 aromatic carbocycles. The summed E-state index contributed by atoms with van der Waals surface area (Å²) in [4.78, 5) is 24.3. The standard InChI is InChI=1S/C10H8S.C9H12N2O5/c1-2-8-3-4-10-9(7-8)5-6-11-10;12-4-6-5(13)3-8(16-6)11-2-1-7(14)10-9(11)15/h2-7H,1H2;1-2,5-6,8,12-13H,3-4H2,(H,10,14,15)/t;5-,6+,8+/m.0/s1. The van der Waals surface area contributed by atoms with Gasteiger partial charge in [0.25, 0.3) is 5.56 Å². The predicted octanol–water partition coefficient (Wildman–Crippen LogP) is 1.72.